The van der Waals surface area contributed by atoms with Gasteiger partial charge in [-0.25, -0.2) is 9.37 Å². The van der Waals surface area contributed by atoms with Crippen LogP contribution in [0.1, 0.15) is 16.8 Å². The number of hydrogen-bond acceptors (Lipinski definition) is 3. The summed E-state index contributed by atoms with van der Waals surface area (Å²) < 4.78 is 13.1. The molecular formula is C14H11FN2S. The first-order valence-corrected chi connectivity index (χ1v) is 6.23. The van der Waals surface area contributed by atoms with Crippen molar-refractivity contribution in [1.29, 1.82) is 5.26 Å². The van der Waals surface area contributed by atoms with Crippen LogP contribution in [0, 0.1) is 31.0 Å². The minimum atomic E-state index is -0.289. The number of aromatic nitrogens is 1. The first kappa shape index (κ1) is 12.6. The maximum Gasteiger partial charge on any atom is 0.124 e. The van der Waals surface area contributed by atoms with Gasteiger partial charge in [0.2, 0.25) is 0 Å². The average Bonchev–Trinajstić information content (AvgIpc) is 2.28. The summed E-state index contributed by atoms with van der Waals surface area (Å²) in [6.45, 7) is 3.76. The minimum absolute atomic E-state index is 0.289. The molecule has 0 radical (unpaired) electrons. The second-order valence-corrected chi connectivity index (χ2v) is 4.99. The molecule has 2 aromatic rings. The lowest BCUT2D eigenvalue weighted by Gasteiger charge is -2.07. The normalized spacial score (nSPS) is 10.1. The number of aryl methyl sites for hydroxylation is 2. The molecule has 90 valence electrons. The summed E-state index contributed by atoms with van der Waals surface area (Å²) in [7, 11) is 0. The van der Waals surface area contributed by atoms with Crippen molar-refractivity contribution in [2.24, 2.45) is 0 Å². The van der Waals surface area contributed by atoms with Gasteiger partial charge in [-0.15, -0.1) is 0 Å². The van der Waals surface area contributed by atoms with Crippen LogP contribution in [0.3, 0.4) is 0 Å². The van der Waals surface area contributed by atoms with Crippen LogP contribution in [0.4, 0.5) is 4.39 Å². The van der Waals surface area contributed by atoms with Crippen LogP contribution in [0.15, 0.2) is 40.3 Å². The molecule has 1 aromatic carbocycles. The Kier molecular flexibility index (Phi) is 3.63. The highest BCUT2D eigenvalue weighted by molar-refractivity contribution is 7.99. The van der Waals surface area contributed by atoms with E-state index >= 15 is 0 Å². The molecule has 1 aromatic heterocycles. The van der Waals surface area contributed by atoms with Crippen LogP contribution in [0.25, 0.3) is 0 Å². The quantitative estimate of drug-likeness (QED) is 0.820. The van der Waals surface area contributed by atoms with Crippen LogP contribution >= 0.6 is 11.8 Å². The molecule has 0 N–H and O–H groups in total. The Morgan fingerprint density at radius 2 is 2.06 bits per heavy atom. The van der Waals surface area contributed by atoms with Gasteiger partial charge in [-0.05, 0) is 43.7 Å². The van der Waals surface area contributed by atoms with Crippen molar-refractivity contribution in [3.8, 4) is 6.07 Å². The summed E-state index contributed by atoms with van der Waals surface area (Å²) in [6, 6.07) is 10.3. The molecule has 18 heavy (non-hydrogen) atoms. The zero-order valence-corrected chi connectivity index (χ0v) is 10.9. The molecular weight excluding hydrogens is 247 g/mol. The van der Waals surface area contributed by atoms with Crippen molar-refractivity contribution in [1.82, 2.24) is 4.98 Å². The summed E-state index contributed by atoms with van der Waals surface area (Å²) in [5, 5.41) is 9.77. The lowest BCUT2D eigenvalue weighted by Crippen LogP contribution is -1.94. The predicted octanol–water partition coefficient (Wildman–Crippen LogP) is 3.86. The Bertz CT molecular complexity index is 632. The third-order valence-corrected chi connectivity index (χ3v) is 3.41. The maximum atomic E-state index is 13.1. The van der Waals surface area contributed by atoms with Gasteiger partial charge in [-0.2, -0.15) is 5.26 Å². The highest BCUT2D eigenvalue weighted by atomic mass is 32.2. The van der Waals surface area contributed by atoms with Gasteiger partial charge in [0, 0.05) is 10.6 Å². The molecule has 0 atom stereocenters. The molecule has 0 saturated heterocycles. The molecule has 0 saturated carbocycles. The first-order valence-electron chi connectivity index (χ1n) is 5.42. The van der Waals surface area contributed by atoms with E-state index in [0.29, 0.717) is 10.6 Å². The Hall–Kier alpha value is -1.86. The van der Waals surface area contributed by atoms with E-state index in [1.54, 1.807) is 12.1 Å². The predicted molar refractivity (Wildman–Crippen MR) is 68.9 cm³/mol. The van der Waals surface area contributed by atoms with E-state index in [9.17, 15) is 4.39 Å². The third-order valence-electron chi connectivity index (χ3n) is 2.43. The fraction of sp³-hybridized carbons (Fsp3) is 0.143. The van der Waals surface area contributed by atoms with Gasteiger partial charge in [0.05, 0.1) is 5.56 Å². The van der Waals surface area contributed by atoms with Crippen molar-refractivity contribution in [2.75, 3.05) is 0 Å². The van der Waals surface area contributed by atoms with Crippen molar-refractivity contribution in [3.05, 3.63) is 53.0 Å². The summed E-state index contributed by atoms with van der Waals surface area (Å²) in [5.41, 5.74) is 2.30. The van der Waals surface area contributed by atoms with E-state index in [1.807, 2.05) is 19.9 Å². The molecule has 2 rings (SSSR count). The molecule has 0 unspecified atom stereocenters. The number of rotatable bonds is 2. The molecule has 0 bridgehead atoms. The van der Waals surface area contributed by atoms with E-state index in [-0.39, 0.29) is 5.82 Å². The Labute approximate surface area is 109 Å². The van der Waals surface area contributed by atoms with Gasteiger partial charge in [0.25, 0.3) is 0 Å². The fourth-order valence-electron chi connectivity index (χ4n) is 1.65. The Morgan fingerprint density at radius 1 is 1.28 bits per heavy atom. The van der Waals surface area contributed by atoms with Crippen LogP contribution in [-0.4, -0.2) is 4.98 Å². The largest absolute Gasteiger partial charge is 0.245 e. The van der Waals surface area contributed by atoms with E-state index in [0.717, 1.165) is 16.2 Å². The fourth-order valence-corrected chi connectivity index (χ4v) is 2.69. The molecule has 0 aliphatic rings. The number of nitriles is 1. The number of halogens is 1. The van der Waals surface area contributed by atoms with Crippen LogP contribution in [0.2, 0.25) is 0 Å². The minimum Gasteiger partial charge on any atom is -0.245 e. The van der Waals surface area contributed by atoms with E-state index in [1.165, 1.54) is 23.9 Å². The molecule has 4 heteroatoms. The van der Waals surface area contributed by atoms with Crippen LogP contribution in [0.5, 0.6) is 0 Å². The van der Waals surface area contributed by atoms with E-state index in [4.69, 9.17) is 5.26 Å². The van der Waals surface area contributed by atoms with Crippen LogP contribution < -0.4 is 0 Å². The van der Waals surface area contributed by atoms with Crippen molar-refractivity contribution < 1.29 is 4.39 Å². The number of pyridine rings is 1. The SMILES string of the molecule is Cc1cc(C)c(C#N)c(Sc2cccc(F)c2)n1. The van der Waals surface area contributed by atoms with Gasteiger partial charge in [-0.3, -0.25) is 0 Å². The molecule has 0 fully saturated rings. The summed E-state index contributed by atoms with van der Waals surface area (Å²) in [4.78, 5) is 5.09. The lowest BCUT2D eigenvalue weighted by atomic mass is 10.1. The molecule has 2 nitrogen and oxygen atoms in total. The van der Waals surface area contributed by atoms with Crippen molar-refractivity contribution in [3.63, 3.8) is 0 Å². The van der Waals surface area contributed by atoms with Gasteiger partial charge in [-0.1, -0.05) is 17.8 Å². The average molecular weight is 258 g/mol. The van der Waals surface area contributed by atoms with Gasteiger partial charge >= 0.3 is 0 Å². The van der Waals surface area contributed by atoms with Crippen LogP contribution in [-0.2, 0) is 0 Å². The monoisotopic (exact) mass is 258 g/mol. The number of nitrogens with zero attached hydrogens (tertiary/aromatic N) is 2. The van der Waals surface area contributed by atoms with E-state index < -0.39 is 0 Å². The zero-order valence-electron chi connectivity index (χ0n) is 10.1. The van der Waals surface area contributed by atoms with Crippen molar-refractivity contribution >= 4 is 11.8 Å². The first-order chi connectivity index (χ1) is 8.60. The summed E-state index contributed by atoms with van der Waals surface area (Å²) >= 11 is 1.31. The second kappa shape index (κ2) is 5.19. The molecule has 1 heterocycles. The molecule has 0 aliphatic carbocycles. The summed E-state index contributed by atoms with van der Waals surface area (Å²) in [6.07, 6.45) is 0. The molecule has 0 spiro atoms. The zero-order chi connectivity index (χ0) is 13.1. The van der Waals surface area contributed by atoms with Gasteiger partial charge in [0.1, 0.15) is 16.9 Å². The highest BCUT2D eigenvalue weighted by Crippen LogP contribution is 2.30. The molecule has 0 aliphatic heterocycles. The third kappa shape index (κ3) is 2.69. The lowest BCUT2D eigenvalue weighted by molar-refractivity contribution is 0.624. The van der Waals surface area contributed by atoms with E-state index in [2.05, 4.69) is 11.1 Å². The second-order valence-electron chi connectivity index (χ2n) is 3.93. The smallest absolute Gasteiger partial charge is 0.124 e. The Balaban J connectivity index is 2.43. The van der Waals surface area contributed by atoms with Gasteiger partial charge < -0.3 is 0 Å². The topological polar surface area (TPSA) is 36.7 Å². The maximum absolute atomic E-state index is 13.1. The summed E-state index contributed by atoms with van der Waals surface area (Å²) in [5.74, 6) is -0.289. The number of benzene rings is 1. The van der Waals surface area contributed by atoms with Gasteiger partial charge in [0.15, 0.2) is 0 Å². The standard InChI is InChI=1S/C14H11FN2S/c1-9-6-10(2)17-14(13(9)8-16)18-12-5-3-4-11(15)7-12/h3-7H,1-2H3. The highest BCUT2D eigenvalue weighted by Gasteiger charge is 2.10. The van der Waals surface area contributed by atoms with Crippen molar-refractivity contribution in [2.45, 2.75) is 23.8 Å². The Morgan fingerprint density at radius 3 is 2.72 bits per heavy atom. The molecule has 0 amide bonds. The number of hydrogen-bond donors (Lipinski definition) is 0.